The third-order valence-electron chi connectivity index (χ3n) is 2.59. The van der Waals surface area contributed by atoms with Gasteiger partial charge in [0.25, 0.3) is 0 Å². The van der Waals surface area contributed by atoms with Crippen molar-refractivity contribution in [2.24, 2.45) is 16.8 Å². The highest BCUT2D eigenvalue weighted by atomic mass is 32.2. The first-order chi connectivity index (χ1) is 5.86. The van der Waals surface area contributed by atoms with E-state index in [1.54, 1.807) is 0 Å². The van der Waals surface area contributed by atoms with Crippen molar-refractivity contribution in [1.29, 1.82) is 0 Å². The first kappa shape index (κ1) is 8.42. The standard InChI is InChI=1S/C9H16N2S/c1-7(8-2-3-8)6-11-9-10-4-5-12-9/h7-8H,2-6H2,1H3,(H,10,11). The lowest BCUT2D eigenvalue weighted by Gasteiger charge is -2.11. The Kier molecular flexibility index (Phi) is 2.59. The normalized spacial score (nSPS) is 25.2. The molecule has 1 aliphatic heterocycles. The summed E-state index contributed by atoms with van der Waals surface area (Å²) in [5.74, 6) is 3.01. The van der Waals surface area contributed by atoms with Gasteiger partial charge in [0.1, 0.15) is 0 Å². The number of amidine groups is 1. The van der Waals surface area contributed by atoms with Gasteiger partial charge in [0.2, 0.25) is 0 Å². The van der Waals surface area contributed by atoms with Crippen LogP contribution in [0.3, 0.4) is 0 Å². The Bertz CT molecular complexity index is 187. The molecule has 0 aromatic heterocycles. The van der Waals surface area contributed by atoms with Crippen molar-refractivity contribution in [3.8, 4) is 0 Å². The van der Waals surface area contributed by atoms with Gasteiger partial charge in [-0.1, -0.05) is 18.7 Å². The van der Waals surface area contributed by atoms with E-state index in [9.17, 15) is 0 Å². The summed E-state index contributed by atoms with van der Waals surface area (Å²) in [6.45, 7) is 4.46. The van der Waals surface area contributed by atoms with Crippen molar-refractivity contribution in [3.05, 3.63) is 0 Å². The predicted molar refractivity (Wildman–Crippen MR) is 54.7 cm³/mol. The van der Waals surface area contributed by atoms with Crippen LogP contribution in [0.25, 0.3) is 0 Å². The van der Waals surface area contributed by atoms with Crippen LogP contribution in [0.1, 0.15) is 19.8 Å². The molecule has 12 heavy (non-hydrogen) atoms. The molecule has 1 atom stereocenters. The molecule has 0 amide bonds. The molecule has 1 unspecified atom stereocenters. The largest absolute Gasteiger partial charge is 0.365 e. The maximum atomic E-state index is 4.36. The molecule has 3 heteroatoms. The molecule has 2 nitrogen and oxygen atoms in total. The second kappa shape index (κ2) is 3.69. The van der Waals surface area contributed by atoms with Gasteiger partial charge in [-0.2, -0.15) is 0 Å². The molecule has 0 aromatic carbocycles. The number of hydrogen-bond donors (Lipinski definition) is 1. The van der Waals surface area contributed by atoms with Crippen LogP contribution < -0.4 is 5.32 Å². The molecule has 0 saturated heterocycles. The number of hydrogen-bond acceptors (Lipinski definition) is 3. The number of rotatable bonds is 3. The molecule has 1 aliphatic carbocycles. The first-order valence-electron chi connectivity index (χ1n) is 4.77. The van der Waals surface area contributed by atoms with Gasteiger partial charge in [-0.3, -0.25) is 4.99 Å². The lowest BCUT2D eigenvalue weighted by atomic mass is 10.1. The van der Waals surface area contributed by atoms with Crippen LogP contribution >= 0.6 is 11.8 Å². The van der Waals surface area contributed by atoms with E-state index in [4.69, 9.17) is 0 Å². The minimum absolute atomic E-state index is 0.842. The Morgan fingerprint density at radius 2 is 2.50 bits per heavy atom. The molecule has 1 heterocycles. The summed E-state index contributed by atoms with van der Waals surface area (Å²) < 4.78 is 0. The van der Waals surface area contributed by atoms with Crippen molar-refractivity contribution in [3.63, 3.8) is 0 Å². The third kappa shape index (κ3) is 2.16. The molecule has 0 bridgehead atoms. The molecule has 1 saturated carbocycles. The van der Waals surface area contributed by atoms with Crippen LogP contribution in [-0.2, 0) is 0 Å². The summed E-state index contributed by atoms with van der Waals surface area (Å²) in [5.41, 5.74) is 0. The summed E-state index contributed by atoms with van der Waals surface area (Å²) >= 11 is 1.86. The summed E-state index contributed by atoms with van der Waals surface area (Å²) in [6, 6.07) is 0. The molecule has 0 aromatic rings. The molecular weight excluding hydrogens is 168 g/mol. The second-order valence-electron chi connectivity index (χ2n) is 3.73. The summed E-state index contributed by atoms with van der Waals surface area (Å²) in [7, 11) is 0. The van der Waals surface area contributed by atoms with E-state index in [-0.39, 0.29) is 0 Å². The van der Waals surface area contributed by atoms with Crippen LogP contribution in [0, 0.1) is 11.8 Å². The SMILES string of the molecule is CC(CNC1=NCCS1)C1CC1. The Balaban J connectivity index is 1.66. The van der Waals surface area contributed by atoms with E-state index in [0.717, 1.165) is 24.9 Å². The van der Waals surface area contributed by atoms with E-state index in [1.165, 1.54) is 23.8 Å². The summed E-state index contributed by atoms with van der Waals surface area (Å²) in [6.07, 6.45) is 2.89. The van der Waals surface area contributed by atoms with Crippen LogP contribution in [0.2, 0.25) is 0 Å². The highest BCUT2D eigenvalue weighted by molar-refractivity contribution is 8.14. The minimum atomic E-state index is 0.842. The molecule has 68 valence electrons. The van der Waals surface area contributed by atoms with Crippen LogP contribution in [0.15, 0.2) is 4.99 Å². The molecule has 1 fully saturated rings. The number of nitrogens with zero attached hydrogens (tertiary/aromatic N) is 1. The van der Waals surface area contributed by atoms with Crippen LogP contribution in [0.5, 0.6) is 0 Å². The van der Waals surface area contributed by atoms with Crippen molar-refractivity contribution in [2.75, 3.05) is 18.8 Å². The number of thioether (sulfide) groups is 1. The summed E-state index contributed by atoms with van der Waals surface area (Å²) in [4.78, 5) is 4.36. The fraction of sp³-hybridized carbons (Fsp3) is 0.889. The van der Waals surface area contributed by atoms with Gasteiger partial charge < -0.3 is 5.32 Å². The topological polar surface area (TPSA) is 24.4 Å². The second-order valence-corrected chi connectivity index (χ2v) is 4.81. The minimum Gasteiger partial charge on any atom is -0.365 e. The highest BCUT2D eigenvalue weighted by Crippen LogP contribution is 2.36. The summed E-state index contributed by atoms with van der Waals surface area (Å²) in [5, 5.41) is 4.58. The van der Waals surface area contributed by atoms with E-state index in [2.05, 4.69) is 17.2 Å². The number of nitrogens with one attached hydrogen (secondary N) is 1. The zero-order valence-corrected chi connectivity index (χ0v) is 8.36. The van der Waals surface area contributed by atoms with Gasteiger partial charge in [0.05, 0.1) is 6.54 Å². The van der Waals surface area contributed by atoms with Gasteiger partial charge in [-0.05, 0) is 24.7 Å². The molecular formula is C9H16N2S. The Morgan fingerprint density at radius 3 is 3.08 bits per heavy atom. The fourth-order valence-corrected chi connectivity index (χ4v) is 2.27. The maximum Gasteiger partial charge on any atom is 0.156 e. The van der Waals surface area contributed by atoms with Gasteiger partial charge in [-0.25, -0.2) is 0 Å². The molecule has 1 N–H and O–H groups in total. The Labute approximate surface area is 78.2 Å². The van der Waals surface area contributed by atoms with Crippen LogP contribution in [-0.4, -0.2) is 24.0 Å². The lowest BCUT2D eigenvalue weighted by molar-refractivity contribution is 0.501. The Hall–Kier alpha value is -0.180. The average molecular weight is 184 g/mol. The smallest absolute Gasteiger partial charge is 0.156 e. The van der Waals surface area contributed by atoms with Crippen LogP contribution in [0.4, 0.5) is 0 Å². The fourth-order valence-electron chi connectivity index (χ4n) is 1.52. The number of aliphatic imine (C=N–C) groups is 1. The van der Waals surface area contributed by atoms with E-state index < -0.39 is 0 Å². The zero-order chi connectivity index (χ0) is 8.39. The molecule has 2 aliphatic rings. The van der Waals surface area contributed by atoms with Gasteiger partial charge >= 0.3 is 0 Å². The quantitative estimate of drug-likeness (QED) is 0.722. The van der Waals surface area contributed by atoms with Crippen molar-refractivity contribution >= 4 is 16.9 Å². The van der Waals surface area contributed by atoms with Crippen molar-refractivity contribution < 1.29 is 0 Å². The highest BCUT2D eigenvalue weighted by Gasteiger charge is 2.27. The van der Waals surface area contributed by atoms with E-state index in [1.807, 2.05) is 11.8 Å². The molecule has 0 spiro atoms. The molecule has 0 radical (unpaired) electrons. The molecule has 2 rings (SSSR count). The first-order valence-corrected chi connectivity index (χ1v) is 5.76. The van der Waals surface area contributed by atoms with Gasteiger partial charge in [0.15, 0.2) is 5.17 Å². The monoisotopic (exact) mass is 184 g/mol. The zero-order valence-electron chi connectivity index (χ0n) is 7.55. The van der Waals surface area contributed by atoms with E-state index >= 15 is 0 Å². The van der Waals surface area contributed by atoms with Gasteiger partial charge in [-0.15, -0.1) is 0 Å². The Morgan fingerprint density at radius 1 is 1.67 bits per heavy atom. The van der Waals surface area contributed by atoms with Crippen molar-refractivity contribution in [1.82, 2.24) is 5.32 Å². The maximum absolute atomic E-state index is 4.36. The predicted octanol–water partition coefficient (Wildman–Crippen LogP) is 1.72. The average Bonchev–Trinajstić information content (AvgIpc) is 2.80. The van der Waals surface area contributed by atoms with Gasteiger partial charge in [0, 0.05) is 12.3 Å². The lowest BCUT2D eigenvalue weighted by Crippen LogP contribution is -2.25. The van der Waals surface area contributed by atoms with E-state index in [0.29, 0.717) is 0 Å². The van der Waals surface area contributed by atoms with Crippen molar-refractivity contribution in [2.45, 2.75) is 19.8 Å². The third-order valence-corrected chi connectivity index (χ3v) is 3.52.